The maximum atomic E-state index is 11.2. The van der Waals surface area contributed by atoms with Crippen molar-refractivity contribution in [3.8, 4) is 0 Å². The summed E-state index contributed by atoms with van der Waals surface area (Å²) in [6.07, 6.45) is 0. The number of aromatic nitrogens is 1. The van der Waals surface area contributed by atoms with Crippen molar-refractivity contribution in [1.29, 1.82) is 0 Å². The highest BCUT2D eigenvalue weighted by molar-refractivity contribution is 5.91. The van der Waals surface area contributed by atoms with E-state index in [0.29, 0.717) is 12.3 Å². The highest BCUT2D eigenvalue weighted by atomic mass is 16.5. The monoisotopic (exact) mass is 240 g/mol. The second-order valence-electron chi connectivity index (χ2n) is 5.38. The summed E-state index contributed by atoms with van der Waals surface area (Å²) in [6.45, 7) is 8.03. The van der Waals surface area contributed by atoms with Crippen LogP contribution < -0.4 is 11.3 Å². The molecule has 0 unspecified atom stereocenters. The van der Waals surface area contributed by atoms with E-state index in [9.17, 15) is 4.79 Å². The highest BCUT2D eigenvalue weighted by Gasteiger charge is 2.16. The minimum absolute atomic E-state index is 0.201. The molecule has 0 aromatic carbocycles. The molecular formula is C11H20N4O2. The SMILES string of the molecule is CN(Cc1cc(C(=O)NN)no1)CC(C)(C)C. The van der Waals surface area contributed by atoms with Gasteiger partial charge in [0.25, 0.3) is 5.91 Å². The molecule has 0 bridgehead atoms. The maximum absolute atomic E-state index is 11.2. The van der Waals surface area contributed by atoms with Crippen LogP contribution in [0.4, 0.5) is 0 Å². The topological polar surface area (TPSA) is 84.4 Å². The van der Waals surface area contributed by atoms with E-state index in [1.54, 1.807) is 6.07 Å². The molecule has 1 aromatic rings. The summed E-state index contributed by atoms with van der Waals surface area (Å²) in [5, 5.41) is 3.64. The van der Waals surface area contributed by atoms with Gasteiger partial charge >= 0.3 is 0 Å². The molecule has 0 aliphatic carbocycles. The molecule has 1 heterocycles. The lowest BCUT2D eigenvalue weighted by molar-refractivity contribution is 0.0944. The predicted octanol–water partition coefficient (Wildman–Crippen LogP) is 0.756. The number of rotatable bonds is 4. The summed E-state index contributed by atoms with van der Waals surface area (Å²) < 4.78 is 5.06. The van der Waals surface area contributed by atoms with Crippen molar-refractivity contribution in [2.24, 2.45) is 11.3 Å². The van der Waals surface area contributed by atoms with Crippen LogP contribution in [0.25, 0.3) is 0 Å². The highest BCUT2D eigenvalue weighted by Crippen LogP contribution is 2.16. The van der Waals surface area contributed by atoms with Gasteiger partial charge in [0.05, 0.1) is 6.54 Å². The molecule has 1 aromatic heterocycles. The number of nitrogens with two attached hydrogens (primary N) is 1. The van der Waals surface area contributed by atoms with Crippen LogP contribution in [-0.2, 0) is 6.54 Å². The Balaban J connectivity index is 2.57. The van der Waals surface area contributed by atoms with Crippen molar-refractivity contribution in [3.63, 3.8) is 0 Å². The van der Waals surface area contributed by atoms with Gasteiger partial charge in [0, 0.05) is 12.6 Å². The molecule has 0 atom stereocenters. The van der Waals surface area contributed by atoms with E-state index < -0.39 is 5.91 Å². The lowest BCUT2D eigenvalue weighted by Crippen LogP contribution is -2.30. The fraction of sp³-hybridized carbons (Fsp3) is 0.636. The van der Waals surface area contributed by atoms with Crippen LogP contribution in [0.15, 0.2) is 10.6 Å². The van der Waals surface area contributed by atoms with Crippen LogP contribution in [0, 0.1) is 5.41 Å². The molecule has 0 saturated heterocycles. The molecule has 3 N–H and O–H groups in total. The van der Waals surface area contributed by atoms with Crippen molar-refractivity contribution < 1.29 is 9.32 Å². The maximum Gasteiger partial charge on any atom is 0.287 e. The number of hydrogen-bond acceptors (Lipinski definition) is 5. The average Bonchev–Trinajstić information content (AvgIpc) is 2.62. The number of carbonyl (C=O) groups excluding carboxylic acids is 1. The first-order valence-corrected chi connectivity index (χ1v) is 5.47. The van der Waals surface area contributed by atoms with Gasteiger partial charge in [-0.3, -0.25) is 15.1 Å². The molecular weight excluding hydrogens is 220 g/mol. The molecule has 1 rings (SSSR count). The summed E-state index contributed by atoms with van der Waals surface area (Å²) in [6, 6.07) is 1.60. The molecule has 0 aliphatic heterocycles. The second-order valence-corrected chi connectivity index (χ2v) is 5.38. The Morgan fingerprint density at radius 1 is 1.59 bits per heavy atom. The molecule has 0 saturated carbocycles. The van der Waals surface area contributed by atoms with Crippen LogP contribution in [0.5, 0.6) is 0 Å². The second kappa shape index (κ2) is 5.29. The van der Waals surface area contributed by atoms with Crippen LogP contribution >= 0.6 is 0 Å². The molecule has 6 heteroatoms. The average molecular weight is 240 g/mol. The minimum Gasteiger partial charge on any atom is -0.359 e. The zero-order chi connectivity index (χ0) is 13.1. The van der Waals surface area contributed by atoms with Gasteiger partial charge in [0.1, 0.15) is 0 Å². The summed E-state index contributed by atoms with van der Waals surface area (Å²) >= 11 is 0. The predicted molar refractivity (Wildman–Crippen MR) is 63.9 cm³/mol. The minimum atomic E-state index is -0.446. The lowest BCUT2D eigenvalue weighted by Gasteiger charge is -2.25. The first-order chi connectivity index (χ1) is 7.81. The first kappa shape index (κ1) is 13.7. The molecule has 17 heavy (non-hydrogen) atoms. The molecule has 96 valence electrons. The number of nitrogens with zero attached hydrogens (tertiary/aromatic N) is 2. The van der Waals surface area contributed by atoms with Crippen molar-refractivity contribution >= 4 is 5.91 Å². The standard InChI is InChI=1S/C11H20N4O2/c1-11(2,3)7-15(4)6-8-5-9(14-17-8)10(16)13-12/h5H,6-7,12H2,1-4H3,(H,13,16). The van der Waals surface area contributed by atoms with Gasteiger partial charge in [-0.25, -0.2) is 5.84 Å². The number of hydrogen-bond donors (Lipinski definition) is 2. The van der Waals surface area contributed by atoms with Crippen molar-refractivity contribution in [3.05, 3.63) is 17.5 Å². The Bertz CT molecular complexity index is 381. The number of amides is 1. The molecule has 0 fully saturated rings. The van der Waals surface area contributed by atoms with Gasteiger partial charge in [0.2, 0.25) is 0 Å². The Morgan fingerprint density at radius 3 is 2.76 bits per heavy atom. The summed E-state index contributed by atoms with van der Waals surface area (Å²) in [5.41, 5.74) is 2.43. The molecule has 0 radical (unpaired) electrons. The van der Waals surface area contributed by atoms with E-state index >= 15 is 0 Å². The number of nitrogens with one attached hydrogen (secondary N) is 1. The Kier molecular flexibility index (Phi) is 4.25. The number of nitrogen functional groups attached to an aromatic ring is 1. The van der Waals surface area contributed by atoms with E-state index in [0.717, 1.165) is 6.54 Å². The fourth-order valence-electron chi connectivity index (χ4n) is 1.70. The van der Waals surface area contributed by atoms with Gasteiger partial charge < -0.3 is 4.52 Å². The Labute approximate surface area is 101 Å². The van der Waals surface area contributed by atoms with Gasteiger partial charge in [0.15, 0.2) is 11.5 Å². The first-order valence-electron chi connectivity index (χ1n) is 5.47. The van der Waals surface area contributed by atoms with Gasteiger partial charge in [-0.2, -0.15) is 0 Å². The van der Waals surface area contributed by atoms with Crippen LogP contribution in [0.3, 0.4) is 0 Å². The summed E-state index contributed by atoms with van der Waals surface area (Å²) in [5.74, 6) is 5.21. The zero-order valence-corrected chi connectivity index (χ0v) is 10.8. The van der Waals surface area contributed by atoms with Crippen molar-refractivity contribution in [1.82, 2.24) is 15.5 Å². The van der Waals surface area contributed by atoms with E-state index in [4.69, 9.17) is 10.4 Å². The fourth-order valence-corrected chi connectivity index (χ4v) is 1.70. The number of hydrazine groups is 1. The molecule has 6 nitrogen and oxygen atoms in total. The van der Waals surface area contributed by atoms with E-state index in [2.05, 4.69) is 30.8 Å². The lowest BCUT2D eigenvalue weighted by atomic mass is 9.96. The summed E-state index contributed by atoms with van der Waals surface area (Å²) in [4.78, 5) is 13.3. The molecule has 0 aliphatic rings. The van der Waals surface area contributed by atoms with E-state index in [-0.39, 0.29) is 11.1 Å². The summed E-state index contributed by atoms with van der Waals surface area (Å²) in [7, 11) is 2.00. The van der Waals surface area contributed by atoms with E-state index in [1.165, 1.54) is 0 Å². The Morgan fingerprint density at radius 2 is 2.24 bits per heavy atom. The zero-order valence-electron chi connectivity index (χ0n) is 10.8. The van der Waals surface area contributed by atoms with Gasteiger partial charge in [-0.1, -0.05) is 25.9 Å². The molecule has 0 spiro atoms. The van der Waals surface area contributed by atoms with Crippen LogP contribution in [0.2, 0.25) is 0 Å². The van der Waals surface area contributed by atoms with Gasteiger partial charge in [-0.05, 0) is 12.5 Å². The third-order valence-electron chi connectivity index (χ3n) is 2.09. The number of carbonyl (C=O) groups is 1. The van der Waals surface area contributed by atoms with Crippen LogP contribution in [0.1, 0.15) is 37.0 Å². The Hall–Kier alpha value is -1.40. The van der Waals surface area contributed by atoms with Gasteiger partial charge in [-0.15, -0.1) is 0 Å². The van der Waals surface area contributed by atoms with Crippen molar-refractivity contribution in [2.45, 2.75) is 27.3 Å². The smallest absolute Gasteiger partial charge is 0.287 e. The third kappa shape index (κ3) is 4.54. The van der Waals surface area contributed by atoms with Crippen molar-refractivity contribution in [2.75, 3.05) is 13.6 Å². The molecule has 1 amide bonds. The largest absolute Gasteiger partial charge is 0.359 e. The van der Waals surface area contributed by atoms with Crippen LogP contribution in [-0.4, -0.2) is 29.6 Å². The third-order valence-corrected chi connectivity index (χ3v) is 2.09. The quantitative estimate of drug-likeness (QED) is 0.461. The van der Waals surface area contributed by atoms with E-state index in [1.807, 2.05) is 12.5 Å². The normalized spacial score (nSPS) is 11.9.